The fourth-order valence-corrected chi connectivity index (χ4v) is 6.45. The normalized spacial score (nSPS) is 18.0. The summed E-state index contributed by atoms with van der Waals surface area (Å²) < 4.78 is 73.5. The summed E-state index contributed by atoms with van der Waals surface area (Å²) in [6.45, 7) is 2.34. The molecule has 1 aliphatic rings. The molecule has 5 rings (SSSR count). The molecule has 0 unspecified atom stereocenters. The second-order valence-corrected chi connectivity index (χ2v) is 11.6. The number of hydrogen-bond donors (Lipinski definition) is 3. The van der Waals surface area contributed by atoms with E-state index in [1.807, 2.05) is 11.6 Å². The second-order valence-electron chi connectivity index (χ2n) is 9.86. The molecule has 0 spiro atoms. The molecule has 0 atom stereocenters. The summed E-state index contributed by atoms with van der Waals surface area (Å²) >= 11 is 0. The van der Waals surface area contributed by atoms with Crippen LogP contribution >= 0.6 is 0 Å². The number of nitrogens with one attached hydrogen (secondary N) is 1. The van der Waals surface area contributed by atoms with Gasteiger partial charge in [-0.05, 0) is 56.2 Å². The molecule has 0 bridgehead atoms. The Morgan fingerprint density at radius 2 is 1.77 bits per heavy atom. The van der Waals surface area contributed by atoms with E-state index in [1.165, 1.54) is 18.2 Å². The summed E-state index contributed by atoms with van der Waals surface area (Å²) in [6, 6.07) is 7.11. The van der Waals surface area contributed by atoms with Crippen LogP contribution in [0.2, 0.25) is 0 Å². The lowest BCUT2D eigenvalue weighted by Crippen LogP contribution is -2.26. The van der Waals surface area contributed by atoms with Gasteiger partial charge < -0.3 is 11.5 Å². The number of aryl methyl sites for hydroxylation is 1. The van der Waals surface area contributed by atoms with Gasteiger partial charge in [0.25, 0.3) is 0 Å². The van der Waals surface area contributed by atoms with Gasteiger partial charge in [-0.2, -0.15) is 5.10 Å². The van der Waals surface area contributed by atoms with E-state index in [1.54, 1.807) is 10.9 Å². The molecule has 0 saturated heterocycles. The van der Waals surface area contributed by atoms with Crippen LogP contribution in [0.25, 0.3) is 22.2 Å². The van der Waals surface area contributed by atoms with E-state index in [0.29, 0.717) is 11.9 Å². The maximum atomic E-state index is 15.5. The summed E-state index contributed by atoms with van der Waals surface area (Å²) in [5, 5.41) is 4.98. The molecule has 0 amide bonds. The van der Waals surface area contributed by atoms with Gasteiger partial charge in [0.15, 0.2) is 0 Å². The minimum atomic E-state index is -4.25. The summed E-state index contributed by atoms with van der Waals surface area (Å²) in [7, 11) is -4.25. The van der Waals surface area contributed by atoms with Crippen molar-refractivity contribution in [3.63, 3.8) is 0 Å². The van der Waals surface area contributed by atoms with Crippen molar-refractivity contribution in [2.75, 3.05) is 10.5 Å². The number of fused-ring (bicyclic) bond motifs is 1. The van der Waals surface area contributed by atoms with Gasteiger partial charge >= 0.3 is 0 Å². The zero-order valence-corrected chi connectivity index (χ0v) is 22.1. The van der Waals surface area contributed by atoms with Gasteiger partial charge in [0, 0.05) is 36.0 Å². The maximum absolute atomic E-state index is 15.5. The largest absolute Gasteiger partial charge is 0.383 e. The highest BCUT2D eigenvalue weighted by molar-refractivity contribution is 7.91. The first kappa shape index (κ1) is 26.9. The summed E-state index contributed by atoms with van der Waals surface area (Å²) in [4.78, 5) is 4.36. The monoisotopic (exact) mass is 558 g/mol. The van der Waals surface area contributed by atoms with Gasteiger partial charge in [0.1, 0.15) is 29.0 Å². The molecule has 0 radical (unpaired) electrons. The SMILES string of the molecule is CCn1nc(-c2cc(F)c(NS(=O)(=O)Cc3ccccc3F)cc2F)c2c(N)ncc([C@H]3CC[C@H](N)CC3)c21. The van der Waals surface area contributed by atoms with Crippen LogP contribution in [-0.4, -0.2) is 29.2 Å². The highest BCUT2D eigenvalue weighted by Crippen LogP contribution is 2.41. The number of nitrogens with zero attached hydrogens (tertiary/aromatic N) is 3. The van der Waals surface area contributed by atoms with Crippen molar-refractivity contribution in [1.82, 2.24) is 14.8 Å². The Labute approximate surface area is 224 Å². The molecule has 1 saturated carbocycles. The zero-order valence-electron chi connectivity index (χ0n) is 21.3. The van der Waals surface area contributed by atoms with Crippen molar-refractivity contribution in [1.29, 1.82) is 0 Å². The average Bonchev–Trinajstić information content (AvgIpc) is 3.28. The predicted octanol–water partition coefficient (Wildman–Crippen LogP) is 5.04. The lowest BCUT2D eigenvalue weighted by atomic mass is 9.82. The fourth-order valence-electron chi connectivity index (χ4n) is 5.24. The average molecular weight is 559 g/mol. The van der Waals surface area contributed by atoms with Gasteiger partial charge in [-0.3, -0.25) is 9.40 Å². The van der Waals surface area contributed by atoms with Crippen LogP contribution in [0.5, 0.6) is 0 Å². The zero-order chi connectivity index (χ0) is 27.9. The summed E-state index contributed by atoms with van der Waals surface area (Å²) in [5.41, 5.74) is 13.2. The first-order valence-corrected chi connectivity index (χ1v) is 14.4. The van der Waals surface area contributed by atoms with Crippen LogP contribution in [0.3, 0.4) is 0 Å². The molecule has 4 aromatic rings. The van der Waals surface area contributed by atoms with Crippen molar-refractivity contribution in [3.8, 4) is 11.3 Å². The minimum absolute atomic E-state index is 0.0993. The van der Waals surface area contributed by atoms with E-state index in [-0.39, 0.29) is 34.6 Å². The Kier molecular flexibility index (Phi) is 7.25. The van der Waals surface area contributed by atoms with Crippen LogP contribution in [0, 0.1) is 17.5 Å². The molecular weight excluding hydrogens is 529 g/mol. The Bertz CT molecular complexity index is 1650. The quantitative estimate of drug-likeness (QED) is 0.291. The number of benzene rings is 2. The van der Waals surface area contributed by atoms with E-state index < -0.39 is 38.9 Å². The highest BCUT2D eigenvalue weighted by atomic mass is 32.2. The molecule has 2 aromatic carbocycles. The van der Waals surface area contributed by atoms with Crippen molar-refractivity contribution in [2.24, 2.45) is 5.73 Å². The van der Waals surface area contributed by atoms with Crippen LogP contribution in [-0.2, 0) is 22.3 Å². The third-order valence-corrected chi connectivity index (χ3v) is 8.44. The van der Waals surface area contributed by atoms with Crippen LogP contribution < -0.4 is 16.2 Å². The molecular formula is C27H29F3N6O2S. The first-order valence-electron chi connectivity index (χ1n) is 12.7. The lowest BCUT2D eigenvalue weighted by molar-refractivity contribution is 0.395. The standard InChI is InChI=1S/C27H29F3N6O2S/c1-2-36-26-19(15-7-9-17(31)10-8-15)13-33-27(32)24(26)25(34-36)18-11-22(30)23(12-21(18)29)35-39(37,38)14-16-5-3-4-6-20(16)28/h3-6,11-13,15,17,35H,2,7-10,14,31H2,1H3,(H2,32,33)/t15-,17-. The van der Waals surface area contributed by atoms with Gasteiger partial charge in [0.2, 0.25) is 10.0 Å². The number of sulfonamides is 1. The molecule has 206 valence electrons. The highest BCUT2D eigenvalue weighted by Gasteiger charge is 2.28. The lowest BCUT2D eigenvalue weighted by Gasteiger charge is -2.27. The number of nitrogens with two attached hydrogens (primary N) is 2. The van der Waals surface area contributed by atoms with Crippen LogP contribution in [0.15, 0.2) is 42.6 Å². The predicted molar refractivity (Wildman–Crippen MR) is 145 cm³/mol. The van der Waals surface area contributed by atoms with E-state index in [2.05, 4.69) is 10.1 Å². The molecule has 2 aromatic heterocycles. The van der Waals surface area contributed by atoms with E-state index in [0.717, 1.165) is 55.0 Å². The maximum Gasteiger partial charge on any atom is 0.237 e. The first-order chi connectivity index (χ1) is 18.6. The number of halogens is 3. The summed E-state index contributed by atoms with van der Waals surface area (Å²) in [6.07, 6.45) is 5.21. The Morgan fingerprint density at radius 3 is 2.46 bits per heavy atom. The fraction of sp³-hybridized carbons (Fsp3) is 0.333. The van der Waals surface area contributed by atoms with Gasteiger partial charge in [0.05, 0.1) is 22.3 Å². The third kappa shape index (κ3) is 5.30. The van der Waals surface area contributed by atoms with Crippen molar-refractivity contribution < 1.29 is 21.6 Å². The van der Waals surface area contributed by atoms with Crippen molar-refractivity contribution >= 4 is 32.4 Å². The van der Waals surface area contributed by atoms with Gasteiger partial charge in [-0.15, -0.1) is 0 Å². The summed E-state index contributed by atoms with van der Waals surface area (Å²) in [5.74, 6) is -3.08. The third-order valence-electron chi connectivity index (χ3n) is 7.22. The molecule has 2 heterocycles. The number of rotatable bonds is 7. The van der Waals surface area contributed by atoms with Crippen molar-refractivity contribution in [3.05, 3.63) is 71.2 Å². The molecule has 0 aliphatic heterocycles. The van der Waals surface area contributed by atoms with Gasteiger partial charge in [-0.1, -0.05) is 18.2 Å². The number of nitrogen functional groups attached to an aromatic ring is 1. The molecule has 1 aliphatic carbocycles. The second kappa shape index (κ2) is 10.5. The molecule has 1 fully saturated rings. The smallest absolute Gasteiger partial charge is 0.237 e. The number of pyridine rings is 1. The van der Waals surface area contributed by atoms with Crippen LogP contribution in [0.4, 0.5) is 24.7 Å². The number of anilines is 2. The van der Waals surface area contributed by atoms with E-state index in [4.69, 9.17) is 11.5 Å². The molecule has 8 nitrogen and oxygen atoms in total. The van der Waals surface area contributed by atoms with E-state index in [9.17, 15) is 12.8 Å². The number of hydrogen-bond acceptors (Lipinski definition) is 6. The molecule has 5 N–H and O–H groups in total. The Hall–Kier alpha value is -3.64. The molecule has 12 heteroatoms. The minimum Gasteiger partial charge on any atom is -0.383 e. The van der Waals surface area contributed by atoms with Gasteiger partial charge in [-0.25, -0.2) is 26.6 Å². The Morgan fingerprint density at radius 1 is 1.05 bits per heavy atom. The topological polar surface area (TPSA) is 129 Å². The molecule has 39 heavy (non-hydrogen) atoms. The van der Waals surface area contributed by atoms with Crippen LogP contribution in [0.1, 0.15) is 49.7 Å². The van der Waals surface area contributed by atoms with Crippen molar-refractivity contribution in [2.45, 2.75) is 56.9 Å². The number of aromatic nitrogens is 3. The van der Waals surface area contributed by atoms with E-state index >= 15 is 8.78 Å². The Balaban J connectivity index is 1.54.